The molecule has 19 heavy (non-hydrogen) atoms. The van der Waals surface area contributed by atoms with Gasteiger partial charge in [-0.25, -0.2) is 14.4 Å². The molecule has 0 bridgehead atoms. The van der Waals surface area contributed by atoms with Crippen molar-refractivity contribution in [2.75, 3.05) is 12.8 Å². The molecule has 7 heteroatoms. The van der Waals surface area contributed by atoms with Gasteiger partial charge in [-0.15, -0.1) is 0 Å². The smallest absolute Gasteiger partial charge is 0.161 e. The van der Waals surface area contributed by atoms with Crippen LogP contribution in [0.25, 0.3) is 11.4 Å². The van der Waals surface area contributed by atoms with Crippen LogP contribution in [0.4, 0.5) is 10.2 Å². The second-order valence-electron chi connectivity index (χ2n) is 3.76. The molecule has 0 atom stereocenters. The van der Waals surface area contributed by atoms with Gasteiger partial charge >= 0.3 is 0 Å². The Balaban J connectivity index is 2.52. The van der Waals surface area contributed by atoms with E-state index >= 15 is 0 Å². The Morgan fingerprint density at radius 2 is 2.05 bits per heavy atom. The number of hydrogen-bond donors (Lipinski definition) is 1. The summed E-state index contributed by atoms with van der Waals surface area (Å²) in [6.45, 7) is 0.308. The summed E-state index contributed by atoms with van der Waals surface area (Å²) in [6, 6.07) is 4.55. The SMILES string of the molecule is COCc1nc(-c2ccc(F)c(Br)c2)nc(N)c1Br. The Hall–Kier alpha value is -1.05. The molecule has 0 aliphatic carbocycles. The molecular formula is C12H10Br2FN3O. The number of benzene rings is 1. The molecule has 0 saturated carbocycles. The quantitative estimate of drug-likeness (QED) is 0.870. The Kier molecular flexibility index (Phi) is 4.49. The second-order valence-corrected chi connectivity index (χ2v) is 5.40. The summed E-state index contributed by atoms with van der Waals surface area (Å²) in [5.74, 6) is 0.400. The molecular weight excluding hydrogens is 381 g/mol. The number of aromatic nitrogens is 2. The predicted octanol–water partition coefficient (Wildman–Crippen LogP) is 3.54. The van der Waals surface area contributed by atoms with Crippen molar-refractivity contribution in [3.63, 3.8) is 0 Å². The van der Waals surface area contributed by atoms with Gasteiger partial charge in [0.05, 0.1) is 21.2 Å². The fraction of sp³-hybridized carbons (Fsp3) is 0.167. The Bertz CT molecular complexity index is 622. The lowest BCUT2D eigenvalue weighted by Gasteiger charge is -2.08. The lowest BCUT2D eigenvalue weighted by molar-refractivity contribution is 0.181. The molecule has 0 aliphatic rings. The van der Waals surface area contributed by atoms with Gasteiger partial charge in [-0.3, -0.25) is 0 Å². The number of anilines is 1. The molecule has 0 radical (unpaired) electrons. The minimum atomic E-state index is -0.342. The fourth-order valence-corrected chi connectivity index (χ4v) is 2.18. The van der Waals surface area contributed by atoms with Crippen LogP contribution in [0.5, 0.6) is 0 Å². The first-order valence-corrected chi connectivity index (χ1v) is 6.87. The third-order valence-electron chi connectivity index (χ3n) is 2.40. The summed E-state index contributed by atoms with van der Waals surface area (Å²) < 4.78 is 19.2. The molecule has 2 aromatic rings. The number of ether oxygens (including phenoxy) is 1. The van der Waals surface area contributed by atoms with Crippen molar-refractivity contribution in [3.05, 3.63) is 38.7 Å². The monoisotopic (exact) mass is 389 g/mol. The van der Waals surface area contributed by atoms with Crippen molar-refractivity contribution in [2.45, 2.75) is 6.61 Å². The van der Waals surface area contributed by atoms with Gasteiger partial charge in [0.15, 0.2) is 5.82 Å². The Labute approximate surface area is 126 Å². The average molecular weight is 391 g/mol. The Morgan fingerprint density at radius 1 is 1.32 bits per heavy atom. The van der Waals surface area contributed by atoms with Crippen LogP contribution in [0.3, 0.4) is 0 Å². The van der Waals surface area contributed by atoms with E-state index in [0.717, 1.165) is 0 Å². The minimum Gasteiger partial charge on any atom is -0.383 e. The molecule has 0 saturated heterocycles. The van der Waals surface area contributed by atoms with Crippen molar-refractivity contribution in [1.29, 1.82) is 0 Å². The number of rotatable bonds is 3. The van der Waals surface area contributed by atoms with Gasteiger partial charge in [0.25, 0.3) is 0 Å². The molecule has 0 unspecified atom stereocenters. The van der Waals surface area contributed by atoms with Gasteiger partial charge in [0.2, 0.25) is 0 Å². The van der Waals surface area contributed by atoms with Crippen LogP contribution in [0.2, 0.25) is 0 Å². The summed E-state index contributed by atoms with van der Waals surface area (Å²) in [7, 11) is 1.57. The largest absolute Gasteiger partial charge is 0.383 e. The number of nitrogens with zero attached hydrogens (tertiary/aromatic N) is 2. The first-order valence-electron chi connectivity index (χ1n) is 5.29. The molecule has 2 N–H and O–H groups in total. The highest BCUT2D eigenvalue weighted by Gasteiger charge is 2.12. The number of nitrogens with two attached hydrogens (primary N) is 1. The van der Waals surface area contributed by atoms with E-state index in [-0.39, 0.29) is 5.82 Å². The van der Waals surface area contributed by atoms with Gasteiger partial charge in [-0.05, 0) is 50.1 Å². The summed E-state index contributed by atoms with van der Waals surface area (Å²) >= 11 is 6.44. The van der Waals surface area contributed by atoms with Crippen LogP contribution in [-0.2, 0) is 11.3 Å². The van der Waals surface area contributed by atoms with Crippen LogP contribution in [0.15, 0.2) is 27.1 Å². The third kappa shape index (κ3) is 3.10. The van der Waals surface area contributed by atoms with Crippen molar-refractivity contribution < 1.29 is 9.13 Å². The second kappa shape index (κ2) is 5.94. The zero-order valence-electron chi connectivity index (χ0n) is 9.95. The van der Waals surface area contributed by atoms with Crippen LogP contribution >= 0.6 is 31.9 Å². The van der Waals surface area contributed by atoms with Gasteiger partial charge in [-0.1, -0.05) is 0 Å². The minimum absolute atomic E-state index is 0.308. The van der Waals surface area contributed by atoms with Crippen LogP contribution in [0, 0.1) is 5.82 Å². The number of methoxy groups -OCH3 is 1. The maximum absolute atomic E-state index is 13.2. The summed E-state index contributed by atoms with van der Waals surface area (Å²) in [5.41, 5.74) is 7.13. The van der Waals surface area contributed by atoms with E-state index in [1.807, 2.05) is 0 Å². The molecule has 100 valence electrons. The normalized spacial score (nSPS) is 10.7. The lowest BCUT2D eigenvalue weighted by atomic mass is 10.2. The van der Waals surface area contributed by atoms with E-state index in [1.165, 1.54) is 6.07 Å². The third-order valence-corrected chi connectivity index (χ3v) is 3.88. The molecule has 0 aliphatic heterocycles. The molecule has 0 amide bonds. The highest BCUT2D eigenvalue weighted by molar-refractivity contribution is 9.11. The van der Waals surface area contributed by atoms with E-state index < -0.39 is 0 Å². The Morgan fingerprint density at radius 3 is 2.68 bits per heavy atom. The highest BCUT2D eigenvalue weighted by atomic mass is 79.9. The first kappa shape index (κ1) is 14.4. The van der Waals surface area contributed by atoms with E-state index in [1.54, 1.807) is 19.2 Å². The molecule has 0 fully saturated rings. The molecule has 1 heterocycles. The molecule has 0 spiro atoms. The van der Waals surface area contributed by atoms with Crippen molar-refractivity contribution in [3.8, 4) is 11.4 Å². The van der Waals surface area contributed by atoms with Crippen LogP contribution in [-0.4, -0.2) is 17.1 Å². The number of halogens is 3. The van der Waals surface area contributed by atoms with Crippen molar-refractivity contribution >= 4 is 37.7 Å². The zero-order valence-corrected chi connectivity index (χ0v) is 13.1. The summed E-state index contributed by atoms with van der Waals surface area (Å²) in [4.78, 5) is 8.54. The lowest BCUT2D eigenvalue weighted by Crippen LogP contribution is -2.04. The first-order chi connectivity index (χ1) is 9.02. The maximum atomic E-state index is 13.2. The molecule has 2 rings (SSSR count). The van der Waals surface area contributed by atoms with Gasteiger partial charge in [0, 0.05) is 12.7 Å². The van der Waals surface area contributed by atoms with Gasteiger partial charge < -0.3 is 10.5 Å². The van der Waals surface area contributed by atoms with E-state index in [0.29, 0.717) is 38.5 Å². The molecule has 1 aromatic heterocycles. The van der Waals surface area contributed by atoms with Crippen molar-refractivity contribution in [1.82, 2.24) is 9.97 Å². The summed E-state index contributed by atoms with van der Waals surface area (Å²) in [6.07, 6.45) is 0. The highest BCUT2D eigenvalue weighted by Crippen LogP contribution is 2.27. The van der Waals surface area contributed by atoms with Crippen LogP contribution < -0.4 is 5.73 Å². The summed E-state index contributed by atoms with van der Waals surface area (Å²) in [5, 5.41) is 0. The van der Waals surface area contributed by atoms with E-state index in [9.17, 15) is 4.39 Å². The number of hydrogen-bond acceptors (Lipinski definition) is 4. The fourth-order valence-electron chi connectivity index (χ4n) is 1.51. The zero-order chi connectivity index (χ0) is 14.0. The average Bonchev–Trinajstić information content (AvgIpc) is 2.38. The number of nitrogen functional groups attached to an aromatic ring is 1. The van der Waals surface area contributed by atoms with Gasteiger partial charge in [0.1, 0.15) is 11.6 Å². The topological polar surface area (TPSA) is 61.0 Å². The van der Waals surface area contributed by atoms with E-state index in [2.05, 4.69) is 41.8 Å². The van der Waals surface area contributed by atoms with Crippen LogP contribution in [0.1, 0.15) is 5.69 Å². The van der Waals surface area contributed by atoms with Crippen molar-refractivity contribution in [2.24, 2.45) is 0 Å². The van der Waals surface area contributed by atoms with E-state index in [4.69, 9.17) is 10.5 Å². The van der Waals surface area contributed by atoms with Gasteiger partial charge in [-0.2, -0.15) is 0 Å². The molecule has 4 nitrogen and oxygen atoms in total. The standard InChI is InChI=1S/C12H10Br2FN3O/c1-19-5-9-10(14)11(16)18-12(17-9)6-2-3-8(15)7(13)4-6/h2-4H,5H2,1H3,(H2,16,17,18). The predicted molar refractivity (Wildman–Crippen MR) is 78.0 cm³/mol. The maximum Gasteiger partial charge on any atom is 0.161 e. The molecule has 1 aromatic carbocycles.